The first-order valence-corrected chi connectivity index (χ1v) is 4.68. The molecule has 0 atom stereocenters. The van der Waals surface area contributed by atoms with Gasteiger partial charge in [0.2, 0.25) is 0 Å². The molecule has 2 aromatic rings. The van der Waals surface area contributed by atoms with Gasteiger partial charge in [-0.2, -0.15) is 0 Å². The lowest BCUT2D eigenvalue weighted by Gasteiger charge is -1.91. The Kier molecular flexibility index (Phi) is 2.23. The topological polar surface area (TPSA) is 43.1 Å². The number of Topliss-reactive ketones (excluding diaryl/α,β-unsaturated/α-hetero) is 1. The Bertz CT molecular complexity index is 378. The highest BCUT2D eigenvalue weighted by atomic mass is 32.1. The molecule has 0 aliphatic rings. The molecule has 0 bridgehead atoms. The monoisotopic (exact) mass is 193 g/mol. The van der Waals surface area contributed by atoms with E-state index in [2.05, 4.69) is 4.98 Å². The number of hydrogen-bond donors (Lipinski definition) is 0. The molecular weight excluding hydrogens is 186 g/mol. The van der Waals surface area contributed by atoms with E-state index in [0.29, 0.717) is 12.0 Å². The van der Waals surface area contributed by atoms with E-state index in [1.54, 1.807) is 12.3 Å². The lowest BCUT2D eigenvalue weighted by atomic mass is 10.2. The number of nitrogens with zero attached hydrogens (tertiary/aromatic N) is 1. The third kappa shape index (κ3) is 1.84. The minimum Gasteiger partial charge on any atom is -0.472 e. The van der Waals surface area contributed by atoms with Crippen LogP contribution in [0.15, 0.2) is 34.6 Å². The van der Waals surface area contributed by atoms with E-state index in [9.17, 15) is 4.79 Å². The van der Waals surface area contributed by atoms with Gasteiger partial charge in [0.05, 0.1) is 18.2 Å². The van der Waals surface area contributed by atoms with Crippen molar-refractivity contribution in [1.82, 2.24) is 4.98 Å². The zero-order valence-corrected chi connectivity index (χ0v) is 7.58. The number of thiazole rings is 1. The first-order valence-electron chi connectivity index (χ1n) is 3.80. The summed E-state index contributed by atoms with van der Waals surface area (Å²) in [6.45, 7) is 0. The van der Waals surface area contributed by atoms with Gasteiger partial charge in [-0.15, -0.1) is 11.3 Å². The second-order valence-electron chi connectivity index (χ2n) is 2.54. The van der Waals surface area contributed by atoms with Gasteiger partial charge in [0.15, 0.2) is 5.78 Å². The molecule has 0 saturated heterocycles. The molecule has 0 spiro atoms. The molecule has 0 fully saturated rings. The number of furan rings is 1. The molecule has 2 aromatic heterocycles. The summed E-state index contributed by atoms with van der Waals surface area (Å²) in [5.41, 5.74) is 0.607. The third-order valence-corrected chi connectivity index (χ3v) is 2.42. The highest BCUT2D eigenvalue weighted by Gasteiger charge is 2.09. The second kappa shape index (κ2) is 3.53. The molecule has 3 nitrogen and oxygen atoms in total. The Morgan fingerprint density at radius 3 is 3.15 bits per heavy atom. The van der Waals surface area contributed by atoms with Crippen LogP contribution in [0.4, 0.5) is 0 Å². The first kappa shape index (κ1) is 8.19. The van der Waals surface area contributed by atoms with Crippen LogP contribution in [0, 0.1) is 0 Å². The largest absolute Gasteiger partial charge is 0.472 e. The van der Waals surface area contributed by atoms with Crippen LogP contribution in [-0.2, 0) is 6.42 Å². The van der Waals surface area contributed by atoms with Crippen LogP contribution in [0.3, 0.4) is 0 Å². The van der Waals surface area contributed by atoms with Crippen molar-refractivity contribution < 1.29 is 9.21 Å². The van der Waals surface area contributed by atoms with Crippen LogP contribution < -0.4 is 0 Å². The Morgan fingerprint density at radius 2 is 2.54 bits per heavy atom. The SMILES string of the molecule is O=C(Cc1nccs1)c1ccoc1. The Balaban J connectivity index is 2.08. The van der Waals surface area contributed by atoms with Crippen LogP contribution in [-0.4, -0.2) is 10.8 Å². The highest BCUT2D eigenvalue weighted by molar-refractivity contribution is 7.09. The van der Waals surface area contributed by atoms with E-state index in [-0.39, 0.29) is 5.78 Å². The van der Waals surface area contributed by atoms with Crippen molar-refractivity contribution in [3.05, 3.63) is 40.7 Å². The van der Waals surface area contributed by atoms with Crippen molar-refractivity contribution in [3.8, 4) is 0 Å². The predicted molar refractivity (Wildman–Crippen MR) is 48.9 cm³/mol. The van der Waals surface area contributed by atoms with Crippen molar-refractivity contribution in [2.45, 2.75) is 6.42 Å². The molecule has 0 saturated carbocycles. The molecule has 2 heterocycles. The van der Waals surface area contributed by atoms with Crippen LogP contribution in [0.5, 0.6) is 0 Å². The molecule has 0 N–H and O–H groups in total. The minimum absolute atomic E-state index is 0.0451. The Hall–Kier alpha value is -1.42. The van der Waals surface area contributed by atoms with Gasteiger partial charge in [0, 0.05) is 11.6 Å². The van der Waals surface area contributed by atoms with E-state index in [0.717, 1.165) is 5.01 Å². The lowest BCUT2D eigenvalue weighted by Crippen LogP contribution is -2.01. The molecule has 13 heavy (non-hydrogen) atoms. The Morgan fingerprint density at radius 1 is 1.62 bits per heavy atom. The summed E-state index contributed by atoms with van der Waals surface area (Å²) in [6, 6.07) is 1.66. The van der Waals surface area contributed by atoms with E-state index in [4.69, 9.17) is 4.42 Å². The fourth-order valence-corrected chi connectivity index (χ4v) is 1.62. The lowest BCUT2D eigenvalue weighted by molar-refractivity contribution is 0.0992. The molecule has 0 aromatic carbocycles. The number of carbonyl (C=O) groups excluding carboxylic acids is 1. The van der Waals surface area contributed by atoms with E-state index < -0.39 is 0 Å². The minimum atomic E-state index is 0.0451. The van der Waals surface area contributed by atoms with Gasteiger partial charge >= 0.3 is 0 Å². The standard InChI is InChI=1S/C9H7NO2S/c11-8(7-1-3-12-6-7)5-9-10-2-4-13-9/h1-4,6H,5H2. The normalized spacial score (nSPS) is 10.2. The summed E-state index contributed by atoms with van der Waals surface area (Å²) in [7, 11) is 0. The van der Waals surface area contributed by atoms with Crippen molar-refractivity contribution in [3.63, 3.8) is 0 Å². The van der Waals surface area contributed by atoms with E-state index in [1.807, 2.05) is 5.38 Å². The van der Waals surface area contributed by atoms with Gasteiger partial charge in [-0.25, -0.2) is 4.98 Å². The predicted octanol–water partition coefficient (Wildman–Crippen LogP) is 2.16. The van der Waals surface area contributed by atoms with Gasteiger partial charge in [0.25, 0.3) is 0 Å². The summed E-state index contributed by atoms with van der Waals surface area (Å²) in [4.78, 5) is 15.5. The number of carbonyl (C=O) groups is 1. The molecule has 0 radical (unpaired) electrons. The highest BCUT2D eigenvalue weighted by Crippen LogP contribution is 2.09. The number of ketones is 1. The van der Waals surface area contributed by atoms with Crippen molar-refractivity contribution in [2.75, 3.05) is 0 Å². The third-order valence-electron chi connectivity index (χ3n) is 1.64. The summed E-state index contributed by atoms with van der Waals surface area (Å²) in [6.07, 6.45) is 5.00. The fraction of sp³-hybridized carbons (Fsp3) is 0.111. The van der Waals surface area contributed by atoms with Crippen LogP contribution in [0.1, 0.15) is 15.4 Å². The van der Waals surface area contributed by atoms with Gasteiger partial charge in [-0.1, -0.05) is 0 Å². The van der Waals surface area contributed by atoms with Gasteiger partial charge in [-0.05, 0) is 6.07 Å². The molecule has 66 valence electrons. The van der Waals surface area contributed by atoms with Gasteiger partial charge in [0.1, 0.15) is 11.3 Å². The molecule has 0 aliphatic heterocycles. The van der Waals surface area contributed by atoms with E-state index in [1.165, 1.54) is 23.9 Å². The zero-order valence-electron chi connectivity index (χ0n) is 6.77. The first-order chi connectivity index (χ1) is 6.36. The van der Waals surface area contributed by atoms with Crippen molar-refractivity contribution in [1.29, 1.82) is 0 Å². The maximum Gasteiger partial charge on any atom is 0.172 e. The van der Waals surface area contributed by atoms with Crippen LogP contribution in [0.2, 0.25) is 0 Å². The van der Waals surface area contributed by atoms with E-state index >= 15 is 0 Å². The summed E-state index contributed by atoms with van der Waals surface area (Å²) < 4.78 is 4.82. The zero-order chi connectivity index (χ0) is 9.10. The molecule has 0 aliphatic carbocycles. The maximum atomic E-state index is 11.5. The second-order valence-corrected chi connectivity index (χ2v) is 3.52. The number of hydrogen-bond acceptors (Lipinski definition) is 4. The van der Waals surface area contributed by atoms with Gasteiger partial charge in [-0.3, -0.25) is 4.79 Å². The van der Waals surface area contributed by atoms with Crippen molar-refractivity contribution >= 4 is 17.1 Å². The summed E-state index contributed by atoms with van der Waals surface area (Å²) in [5, 5.41) is 2.70. The van der Waals surface area contributed by atoms with Crippen molar-refractivity contribution in [2.24, 2.45) is 0 Å². The maximum absolute atomic E-state index is 11.5. The van der Waals surface area contributed by atoms with Gasteiger partial charge < -0.3 is 4.42 Å². The molecule has 2 rings (SSSR count). The summed E-state index contributed by atoms with van der Waals surface area (Å²) in [5.74, 6) is 0.0451. The summed E-state index contributed by atoms with van der Waals surface area (Å²) >= 11 is 1.49. The fourth-order valence-electron chi connectivity index (χ4n) is 1.00. The molecule has 0 unspecified atom stereocenters. The average molecular weight is 193 g/mol. The number of rotatable bonds is 3. The molecule has 0 amide bonds. The molecule has 4 heteroatoms. The average Bonchev–Trinajstić information content (AvgIpc) is 2.74. The number of aromatic nitrogens is 1. The van der Waals surface area contributed by atoms with Crippen LogP contribution in [0.25, 0.3) is 0 Å². The Labute approximate surface area is 79.0 Å². The molecular formula is C9H7NO2S. The quantitative estimate of drug-likeness (QED) is 0.701. The van der Waals surface area contributed by atoms with Crippen LogP contribution >= 0.6 is 11.3 Å². The smallest absolute Gasteiger partial charge is 0.172 e.